The van der Waals surface area contributed by atoms with Gasteiger partial charge in [-0.3, -0.25) is 4.79 Å². The average Bonchev–Trinajstić information content (AvgIpc) is 3.02. The van der Waals surface area contributed by atoms with Gasteiger partial charge in [-0.25, -0.2) is 4.68 Å². The minimum absolute atomic E-state index is 0.268. The van der Waals surface area contributed by atoms with E-state index in [1.54, 1.807) is 38.0 Å². The molecule has 3 rings (SSSR count). The molecular weight excluding hydrogens is 425 g/mol. The molecule has 158 valence electrons. The monoisotopic (exact) mass is 447 g/mol. The van der Waals surface area contributed by atoms with Crippen molar-refractivity contribution in [3.05, 3.63) is 75.0 Å². The predicted molar refractivity (Wildman–Crippen MR) is 118 cm³/mol. The van der Waals surface area contributed by atoms with Crippen LogP contribution < -0.4 is 14.8 Å². The van der Waals surface area contributed by atoms with Crippen molar-refractivity contribution in [2.75, 3.05) is 14.2 Å². The summed E-state index contributed by atoms with van der Waals surface area (Å²) in [4.78, 5) is 12.9. The number of methoxy groups -OCH3 is 2. The van der Waals surface area contributed by atoms with Crippen molar-refractivity contribution in [3.63, 3.8) is 0 Å². The van der Waals surface area contributed by atoms with E-state index in [2.05, 4.69) is 10.4 Å². The smallest absolute Gasteiger partial charge is 0.256 e. The van der Waals surface area contributed by atoms with E-state index in [1.807, 2.05) is 37.3 Å². The van der Waals surface area contributed by atoms with Crippen LogP contribution in [0.5, 0.6) is 11.5 Å². The van der Waals surface area contributed by atoms with Crippen molar-refractivity contribution < 1.29 is 14.3 Å². The molecule has 8 heteroatoms. The van der Waals surface area contributed by atoms with Crippen molar-refractivity contribution in [1.29, 1.82) is 0 Å². The van der Waals surface area contributed by atoms with Crippen molar-refractivity contribution in [2.45, 2.75) is 26.4 Å². The summed E-state index contributed by atoms with van der Waals surface area (Å²) in [6.45, 7) is 4.01. The summed E-state index contributed by atoms with van der Waals surface area (Å²) < 4.78 is 12.2. The number of amides is 1. The second kappa shape index (κ2) is 9.41. The quantitative estimate of drug-likeness (QED) is 0.549. The fourth-order valence-corrected chi connectivity index (χ4v) is 3.69. The third-order valence-corrected chi connectivity index (χ3v) is 5.58. The molecule has 0 fully saturated rings. The zero-order valence-electron chi connectivity index (χ0n) is 17.2. The number of carbonyl (C=O) groups excluding carboxylic acids is 1. The summed E-state index contributed by atoms with van der Waals surface area (Å²) >= 11 is 12.7. The first-order valence-corrected chi connectivity index (χ1v) is 10.1. The highest BCUT2D eigenvalue weighted by atomic mass is 35.5. The van der Waals surface area contributed by atoms with Crippen molar-refractivity contribution in [1.82, 2.24) is 15.1 Å². The molecule has 1 atom stereocenters. The van der Waals surface area contributed by atoms with Crippen LogP contribution in [-0.4, -0.2) is 29.9 Å². The van der Waals surface area contributed by atoms with Gasteiger partial charge >= 0.3 is 0 Å². The normalized spacial score (nSPS) is 11.8. The second-order valence-corrected chi connectivity index (χ2v) is 7.58. The van der Waals surface area contributed by atoms with Crippen LogP contribution in [-0.2, 0) is 6.54 Å². The van der Waals surface area contributed by atoms with Crippen LogP contribution in [0.1, 0.15) is 40.1 Å². The van der Waals surface area contributed by atoms with E-state index < -0.39 is 0 Å². The van der Waals surface area contributed by atoms with E-state index in [0.29, 0.717) is 34.3 Å². The van der Waals surface area contributed by atoms with Crippen molar-refractivity contribution in [2.24, 2.45) is 0 Å². The number of hydrogen-bond donors (Lipinski definition) is 1. The number of benzene rings is 2. The standard InChI is InChI=1S/C22H23Cl2N3O3/c1-13(15-9-10-18(29-3)19(11-15)30-4)25-22(28)20-14(2)26-27(21(20)24)12-16-7-5-6-8-17(16)23/h5-11,13H,12H2,1-4H3,(H,25,28). The number of nitrogens with zero attached hydrogens (tertiary/aromatic N) is 2. The molecule has 0 saturated heterocycles. The Morgan fingerprint density at radius 3 is 2.50 bits per heavy atom. The first kappa shape index (κ1) is 22.0. The van der Waals surface area contributed by atoms with Crippen LogP contribution in [0.4, 0.5) is 0 Å². The number of aryl methyl sites for hydroxylation is 1. The van der Waals surface area contributed by atoms with Crippen LogP contribution >= 0.6 is 23.2 Å². The lowest BCUT2D eigenvalue weighted by Gasteiger charge is -2.16. The number of nitrogens with one attached hydrogen (secondary N) is 1. The molecule has 0 spiro atoms. The number of carbonyl (C=O) groups is 1. The Bertz CT molecular complexity index is 1070. The molecule has 0 saturated carbocycles. The summed E-state index contributed by atoms with van der Waals surface area (Å²) in [5.41, 5.74) is 2.63. The van der Waals surface area contributed by atoms with Gasteiger partial charge in [0.25, 0.3) is 5.91 Å². The molecule has 0 bridgehead atoms. The topological polar surface area (TPSA) is 65.4 Å². The Morgan fingerprint density at radius 2 is 1.83 bits per heavy atom. The molecular formula is C22H23Cl2N3O3. The van der Waals surface area contributed by atoms with Gasteiger partial charge in [0.05, 0.1) is 38.1 Å². The van der Waals surface area contributed by atoms with Gasteiger partial charge in [0.15, 0.2) is 11.5 Å². The maximum absolute atomic E-state index is 12.9. The van der Waals surface area contributed by atoms with Gasteiger partial charge < -0.3 is 14.8 Å². The van der Waals surface area contributed by atoms with Gasteiger partial charge in [0.1, 0.15) is 5.15 Å². The maximum Gasteiger partial charge on any atom is 0.256 e. The fraction of sp³-hybridized carbons (Fsp3) is 0.273. The van der Waals surface area contributed by atoms with Crippen LogP contribution in [0, 0.1) is 6.92 Å². The molecule has 3 aromatic rings. The summed E-state index contributed by atoms with van der Waals surface area (Å²) in [7, 11) is 3.15. The van der Waals surface area contributed by atoms with E-state index in [-0.39, 0.29) is 17.1 Å². The minimum atomic E-state index is -0.301. The highest BCUT2D eigenvalue weighted by Gasteiger charge is 2.23. The lowest BCUT2D eigenvalue weighted by molar-refractivity contribution is 0.0939. The average molecular weight is 448 g/mol. The first-order chi connectivity index (χ1) is 14.3. The van der Waals surface area contributed by atoms with Gasteiger partial charge in [-0.2, -0.15) is 5.10 Å². The Labute approximate surface area is 185 Å². The SMILES string of the molecule is COc1ccc(C(C)NC(=O)c2c(C)nn(Cc3ccccc3Cl)c2Cl)cc1OC. The van der Waals surface area contributed by atoms with Crippen LogP contribution in [0.3, 0.4) is 0 Å². The number of rotatable bonds is 7. The Morgan fingerprint density at radius 1 is 1.13 bits per heavy atom. The largest absolute Gasteiger partial charge is 0.493 e. The third kappa shape index (κ3) is 4.55. The van der Waals surface area contributed by atoms with Crippen LogP contribution in [0.25, 0.3) is 0 Å². The number of ether oxygens (including phenoxy) is 2. The highest BCUT2D eigenvalue weighted by molar-refractivity contribution is 6.33. The molecule has 2 aromatic carbocycles. The number of hydrogen-bond acceptors (Lipinski definition) is 4. The zero-order chi connectivity index (χ0) is 21.8. The maximum atomic E-state index is 12.9. The van der Waals surface area contributed by atoms with E-state index in [4.69, 9.17) is 32.7 Å². The molecule has 1 aromatic heterocycles. The first-order valence-electron chi connectivity index (χ1n) is 9.34. The molecule has 1 heterocycles. The molecule has 0 radical (unpaired) electrons. The molecule has 1 amide bonds. The van der Waals surface area contributed by atoms with Crippen molar-refractivity contribution >= 4 is 29.1 Å². The highest BCUT2D eigenvalue weighted by Crippen LogP contribution is 2.30. The number of halogens is 2. The number of aromatic nitrogens is 2. The zero-order valence-corrected chi connectivity index (χ0v) is 18.7. The van der Waals surface area contributed by atoms with E-state index in [0.717, 1.165) is 11.1 Å². The molecule has 0 aliphatic rings. The summed E-state index contributed by atoms with van der Waals surface area (Å²) in [6, 6.07) is 12.7. The molecule has 6 nitrogen and oxygen atoms in total. The predicted octanol–water partition coefficient (Wildman–Crippen LogP) is 5.05. The van der Waals surface area contributed by atoms with Crippen LogP contribution in [0.2, 0.25) is 10.2 Å². The van der Waals surface area contributed by atoms with Gasteiger partial charge in [-0.05, 0) is 43.2 Å². The molecule has 1 unspecified atom stereocenters. The Kier molecular flexibility index (Phi) is 6.90. The summed E-state index contributed by atoms with van der Waals surface area (Å²) in [5.74, 6) is 0.919. The molecule has 0 aliphatic heterocycles. The van der Waals surface area contributed by atoms with Crippen molar-refractivity contribution in [3.8, 4) is 11.5 Å². The molecule has 1 N–H and O–H groups in total. The summed E-state index contributed by atoms with van der Waals surface area (Å²) in [6.07, 6.45) is 0. The summed E-state index contributed by atoms with van der Waals surface area (Å²) in [5, 5.41) is 8.29. The van der Waals surface area contributed by atoms with Gasteiger partial charge in [-0.1, -0.05) is 47.5 Å². The lowest BCUT2D eigenvalue weighted by atomic mass is 10.1. The molecule has 0 aliphatic carbocycles. The Hall–Kier alpha value is -2.70. The van der Waals surface area contributed by atoms with E-state index in [1.165, 1.54) is 0 Å². The lowest BCUT2D eigenvalue weighted by Crippen LogP contribution is -2.27. The van der Waals surface area contributed by atoms with E-state index in [9.17, 15) is 4.79 Å². The van der Waals surface area contributed by atoms with E-state index >= 15 is 0 Å². The minimum Gasteiger partial charge on any atom is -0.493 e. The van der Waals surface area contributed by atoms with Crippen LogP contribution in [0.15, 0.2) is 42.5 Å². The molecule has 30 heavy (non-hydrogen) atoms. The second-order valence-electron chi connectivity index (χ2n) is 6.81. The fourth-order valence-electron chi connectivity index (χ4n) is 3.18. The Balaban J connectivity index is 1.80. The van der Waals surface area contributed by atoms with Gasteiger partial charge in [-0.15, -0.1) is 0 Å². The van der Waals surface area contributed by atoms with Gasteiger partial charge in [0.2, 0.25) is 0 Å². The van der Waals surface area contributed by atoms with Gasteiger partial charge in [0, 0.05) is 5.02 Å². The third-order valence-electron chi connectivity index (χ3n) is 4.83.